The van der Waals surface area contributed by atoms with Crippen molar-refractivity contribution >= 4 is 5.78 Å². The summed E-state index contributed by atoms with van der Waals surface area (Å²) in [6.45, 7) is 2.55. The molecular formula is C13H20N2O. The number of pyridine rings is 1. The van der Waals surface area contributed by atoms with Crippen LogP contribution in [0.5, 0.6) is 0 Å². The summed E-state index contributed by atoms with van der Waals surface area (Å²) >= 11 is 0. The number of nitrogens with zero attached hydrogens (tertiary/aromatic N) is 1. The minimum atomic E-state index is 0.202. The number of ketones is 1. The van der Waals surface area contributed by atoms with Gasteiger partial charge < -0.3 is 5.73 Å². The summed E-state index contributed by atoms with van der Waals surface area (Å²) in [6, 6.07) is 3.56. The number of aromatic nitrogens is 1. The molecule has 3 nitrogen and oxygen atoms in total. The third-order valence-electron chi connectivity index (χ3n) is 2.61. The number of nitrogens with two attached hydrogens (primary N) is 1. The van der Waals surface area contributed by atoms with Crippen LogP contribution in [0, 0.1) is 0 Å². The van der Waals surface area contributed by atoms with Crippen molar-refractivity contribution in [1.29, 1.82) is 0 Å². The van der Waals surface area contributed by atoms with Gasteiger partial charge in [-0.1, -0.05) is 26.2 Å². The van der Waals surface area contributed by atoms with Gasteiger partial charge in [0.1, 0.15) is 0 Å². The summed E-state index contributed by atoms with van der Waals surface area (Å²) in [6.07, 6.45) is 6.80. The molecule has 1 aromatic heterocycles. The van der Waals surface area contributed by atoms with Crippen molar-refractivity contribution in [3.63, 3.8) is 0 Å². The molecule has 0 aliphatic rings. The number of unbranched alkanes of at least 4 members (excludes halogenated alkanes) is 3. The lowest BCUT2D eigenvalue weighted by atomic mass is 10.0. The summed E-state index contributed by atoms with van der Waals surface area (Å²) in [5.74, 6) is 0.202. The summed E-state index contributed by atoms with van der Waals surface area (Å²) in [4.78, 5) is 15.9. The van der Waals surface area contributed by atoms with E-state index < -0.39 is 0 Å². The highest BCUT2D eigenvalue weighted by molar-refractivity contribution is 5.96. The molecule has 0 bridgehead atoms. The molecular weight excluding hydrogens is 200 g/mol. The number of carbonyl (C=O) groups is 1. The SMILES string of the molecule is CCCCCCC(=O)c1ccnc(CN)c1. The molecule has 0 aliphatic heterocycles. The fourth-order valence-electron chi connectivity index (χ4n) is 1.62. The zero-order chi connectivity index (χ0) is 11.8. The average Bonchev–Trinajstić information content (AvgIpc) is 2.34. The van der Waals surface area contributed by atoms with Crippen LogP contribution in [-0.2, 0) is 6.54 Å². The highest BCUT2D eigenvalue weighted by Gasteiger charge is 2.06. The van der Waals surface area contributed by atoms with E-state index in [4.69, 9.17) is 5.73 Å². The highest BCUT2D eigenvalue weighted by Crippen LogP contribution is 2.09. The molecule has 0 aliphatic carbocycles. The van der Waals surface area contributed by atoms with E-state index in [2.05, 4.69) is 11.9 Å². The molecule has 1 aromatic rings. The maximum atomic E-state index is 11.8. The number of hydrogen-bond acceptors (Lipinski definition) is 3. The van der Waals surface area contributed by atoms with E-state index in [0.29, 0.717) is 13.0 Å². The van der Waals surface area contributed by atoms with Gasteiger partial charge in [-0.25, -0.2) is 0 Å². The van der Waals surface area contributed by atoms with Gasteiger partial charge >= 0.3 is 0 Å². The Kier molecular flexibility index (Phi) is 5.72. The number of Topliss-reactive ketones (excluding diaryl/α,β-unsaturated/α-hetero) is 1. The second-order valence-corrected chi connectivity index (χ2v) is 3.97. The lowest BCUT2D eigenvalue weighted by Crippen LogP contribution is -2.04. The van der Waals surface area contributed by atoms with Crippen LogP contribution in [0.1, 0.15) is 55.1 Å². The van der Waals surface area contributed by atoms with Crippen molar-refractivity contribution in [3.8, 4) is 0 Å². The molecule has 0 atom stereocenters. The molecule has 1 rings (SSSR count). The summed E-state index contributed by atoms with van der Waals surface area (Å²) < 4.78 is 0. The Bertz CT molecular complexity index is 336. The quantitative estimate of drug-likeness (QED) is 0.567. The molecule has 3 heteroatoms. The largest absolute Gasteiger partial charge is 0.325 e. The smallest absolute Gasteiger partial charge is 0.162 e. The zero-order valence-electron chi connectivity index (χ0n) is 9.91. The highest BCUT2D eigenvalue weighted by atomic mass is 16.1. The van der Waals surface area contributed by atoms with E-state index in [1.54, 1.807) is 18.3 Å². The van der Waals surface area contributed by atoms with Crippen LogP contribution < -0.4 is 5.73 Å². The average molecular weight is 220 g/mol. The van der Waals surface area contributed by atoms with Crippen LogP contribution in [0.4, 0.5) is 0 Å². The molecule has 0 unspecified atom stereocenters. The molecule has 0 saturated carbocycles. The second-order valence-electron chi connectivity index (χ2n) is 3.97. The molecule has 1 heterocycles. The first-order valence-corrected chi connectivity index (χ1v) is 5.96. The van der Waals surface area contributed by atoms with Crippen LogP contribution in [0.25, 0.3) is 0 Å². The molecule has 0 saturated heterocycles. The van der Waals surface area contributed by atoms with Crippen molar-refractivity contribution in [2.75, 3.05) is 0 Å². The maximum Gasteiger partial charge on any atom is 0.162 e. The van der Waals surface area contributed by atoms with Crippen LogP contribution >= 0.6 is 0 Å². The van der Waals surface area contributed by atoms with Gasteiger partial charge in [0.2, 0.25) is 0 Å². The molecule has 88 valence electrons. The Morgan fingerprint density at radius 3 is 2.88 bits per heavy atom. The predicted octanol–water partition coefficient (Wildman–Crippen LogP) is 2.69. The van der Waals surface area contributed by atoms with Crippen LogP contribution in [0.15, 0.2) is 18.3 Å². The second kappa shape index (κ2) is 7.12. The summed E-state index contributed by atoms with van der Waals surface area (Å²) in [5.41, 5.74) is 7.00. The Morgan fingerprint density at radius 2 is 2.19 bits per heavy atom. The Hall–Kier alpha value is -1.22. The van der Waals surface area contributed by atoms with E-state index >= 15 is 0 Å². The first-order valence-electron chi connectivity index (χ1n) is 5.96. The van der Waals surface area contributed by atoms with Gasteiger partial charge in [0, 0.05) is 24.7 Å². The third-order valence-corrected chi connectivity index (χ3v) is 2.61. The normalized spacial score (nSPS) is 10.4. The van der Waals surface area contributed by atoms with Crippen molar-refractivity contribution in [1.82, 2.24) is 4.98 Å². The van der Waals surface area contributed by atoms with Crippen molar-refractivity contribution in [3.05, 3.63) is 29.6 Å². The van der Waals surface area contributed by atoms with E-state index in [0.717, 1.165) is 24.1 Å². The van der Waals surface area contributed by atoms with E-state index in [1.807, 2.05) is 0 Å². The number of carbonyl (C=O) groups excluding carboxylic acids is 1. The minimum Gasteiger partial charge on any atom is -0.325 e. The Labute approximate surface area is 97.1 Å². The monoisotopic (exact) mass is 220 g/mol. The molecule has 0 radical (unpaired) electrons. The zero-order valence-corrected chi connectivity index (χ0v) is 9.91. The van der Waals surface area contributed by atoms with Gasteiger partial charge in [-0.2, -0.15) is 0 Å². The van der Waals surface area contributed by atoms with E-state index in [9.17, 15) is 4.79 Å². The fraction of sp³-hybridized carbons (Fsp3) is 0.538. The van der Waals surface area contributed by atoms with Crippen molar-refractivity contribution in [2.45, 2.75) is 45.6 Å². The molecule has 2 N–H and O–H groups in total. The van der Waals surface area contributed by atoms with Gasteiger partial charge in [0.15, 0.2) is 5.78 Å². The van der Waals surface area contributed by atoms with Crippen LogP contribution in [0.3, 0.4) is 0 Å². The third kappa shape index (κ3) is 4.11. The molecule has 0 aromatic carbocycles. The lowest BCUT2D eigenvalue weighted by molar-refractivity contribution is 0.0979. The molecule has 0 amide bonds. The maximum absolute atomic E-state index is 11.8. The first kappa shape index (κ1) is 12.8. The topological polar surface area (TPSA) is 56.0 Å². The van der Waals surface area contributed by atoms with Crippen molar-refractivity contribution in [2.24, 2.45) is 5.73 Å². The fourth-order valence-corrected chi connectivity index (χ4v) is 1.62. The van der Waals surface area contributed by atoms with Crippen LogP contribution in [0.2, 0.25) is 0 Å². The van der Waals surface area contributed by atoms with Gasteiger partial charge in [-0.05, 0) is 18.6 Å². The minimum absolute atomic E-state index is 0.202. The van der Waals surface area contributed by atoms with Crippen molar-refractivity contribution < 1.29 is 4.79 Å². The first-order chi connectivity index (χ1) is 7.77. The Balaban J connectivity index is 2.46. The molecule has 16 heavy (non-hydrogen) atoms. The Morgan fingerprint density at radius 1 is 1.38 bits per heavy atom. The molecule has 0 spiro atoms. The lowest BCUT2D eigenvalue weighted by Gasteiger charge is -2.02. The summed E-state index contributed by atoms with van der Waals surface area (Å²) in [7, 11) is 0. The van der Waals surface area contributed by atoms with Gasteiger partial charge in [0.25, 0.3) is 0 Å². The van der Waals surface area contributed by atoms with Gasteiger partial charge in [0.05, 0.1) is 5.69 Å². The van der Waals surface area contributed by atoms with Gasteiger partial charge in [-0.15, -0.1) is 0 Å². The van der Waals surface area contributed by atoms with Gasteiger partial charge in [-0.3, -0.25) is 9.78 Å². The number of rotatable bonds is 7. The standard InChI is InChI=1S/C13H20N2O/c1-2-3-4-5-6-13(16)11-7-8-15-12(9-11)10-14/h7-9H,2-6,10,14H2,1H3. The van der Waals surface area contributed by atoms with E-state index in [1.165, 1.54) is 12.8 Å². The van der Waals surface area contributed by atoms with E-state index in [-0.39, 0.29) is 5.78 Å². The summed E-state index contributed by atoms with van der Waals surface area (Å²) in [5, 5.41) is 0. The molecule has 0 fully saturated rings. The number of hydrogen-bond donors (Lipinski definition) is 1. The predicted molar refractivity (Wildman–Crippen MR) is 65.2 cm³/mol. The van der Waals surface area contributed by atoms with Crippen LogP contribution in [-0.4, -0.2) is 10.8 Å².